The first kappa shape index (κ1) is 16.5. The predicted octanol–water partition coefficient (Wildman–Crippen LogP) is 5.77. The van der Waals surface area contributed by atoms with Gasteiger partial charge < -0.3 is 0 Å². The Balaban J connectivity index is 0.000000210. The zero-order valence-electron chi connectivity index (χ0n) is 10.1. The van der Waals surface area contributed by atoms with Crippen molar-refractivity contribution in [3.63, 3.8) is 0 Å². The van der Waals surface area contributed by atoms with Crippen molar-refractivity contribution in [3.8, 4) is 0 Å². The molecule has 2 fully saturated rings. The SMILES string of the molecule is CC1CCCC1.CC1CCCC1.[Cl][Zr][Cl]. The van der Waals surface area contributed by atoms with E-state index in [-0.39, 0.29) is 0 Å². The Kier molecular flexibility index (Phi) is 13.1. The van der Waals surface area contributed by atoms with Crippen molar-refractivity contribution in [1.29, 1.82) is 0 Å². The Hall–Kier alpha value is 1.46. The molecular formula is C12H24Cl2Zr. The Morgan fingerprint density at radius 2 is 0.933 bits per heavy atom. The van der Waals surface area contributed by atoms with E-state index in [1.165, 1.54) is 51.4 Å². The summed E-state index contributed by atoms with van der Waals surface area (Å²) in [6, 6.07) is 0. The van der Waals surface area contributed by atoms with Crippen molar-refractivity contribution >= 4 is 17.0 Å². The van der Waals surface area contributed by atoms with Crippen LogP contribution in [0.2, 0.25) is 0 Å². The molecule has 0 aromatic rings. The molecule has 0 N–H and O–H groups in total. The van der Waals surface area contributed by atoms with Crippen LogP contribution < -0.4 is 0 Å². The summed E-state index contributed by atoms with van der Waals surface area (Å²) in [7, 11) is 9.87. The molecule has 2 saturated carbocycles. The minimum absolute atomic E-state index is 0.826. The molecule has 2 aliphatic rings. The van der Waals surface area contributed by atoms with Gasteiger partial charge in [-0.2, -0.15) is 0 Å². The minimum atomic E-state index is -0.826. The van der Waals surface area contributed by atoms with Crippen molar-refractivity contribution in [2.45, 2.75) is 65.2 Å². The fraction of sp³-hybridized carbons (Fsp3) is 1.00. The monoisotopic (exact) mass is 328 g/mol. The van der Waals surface area contributed by atoms with Crippen LogP contribution in [-0.2, 0) is 20.8 Å². The summed E-state index contributed by atoms with van der Waals surface area (Å²) in [5.74, 6) is 2.09. The number of halogens is 2. The second kappa shape index (κ2) is 11.9. The maximum atomic E-state index is 4.93. The molecule has 0 saturated heterocycles. The summed E-state index contributed by atoms with van der Waals surface area (Å²) in [5, 5.41) is 0. The van der Waals surface area contributed by atoms with Crippen LogP contribution >= 0.6 is 17.0 Å². The normalized spacial score (nSPS) is 21.3. The van der Waals surface area contributed by atoms with Gasteiger partial charge in [0.25, 0.3) is 0 Å². The molecule has 0 heterocycles. The van der Waals surface area contributed by atoms with Gasteiger partial charge in [-0.3, -0.25) is 0 Å². The second-order valence-electron chi connectivity index (χ2n) is 4.85. The second-order valence-corrected chi connectivity index (χ2v) is 8.58. The molecule has 0 atom stereocenters. The van der Waals surface area contributed by atoms with E-state index in [0.29, 0.717) is 0 Å². The summed E-state index contributed by atoms with van der Waals surface area (Å²) in [5.41, 5.74) is 0. The van der Waals surface area contributed by atoms with E-state index in [4.69, 9.17) is 17.0 Å². The van der Waals surface area contributed by atoms with Gasteiger partial charge in [0.2, 0.25) is 0 Å². The zero-order chi connectivity index (χ0) is 11.5. The Morgan fingerprint density at radius 1 is 0.733 bits per heavy atom. The molecule has 2 rings (SSSR count). The van der Waals surface area contributed by atoms with Crippen LogP contribution in [0, 0.1) is 11.8 Å². The summed E-state index contributed by atoms with van der Waals surface area (Å²) >= 11 is -0.826. The van der Waals surface area contributed by atoms with E-state index in [1.807, 2.05) is 0 Å². The van der Waals surface area contributed by atoms with E-state index < -0.39 is 20.8 Å². The van der Waals surface area contributed by atoms with Gasteiger partial charge in [-0.25, -0.2) is 0 Å². The Morgan fingerprint density at radius 3 is 1.00 bits per heavy atom. The van der Waals surface area contributed by atoms with Gasteiger partial charge in [0.1, 0.15) is 0 Å². The van der Waals surface area contributed by atoms with E-state index in [2.05, 4.69) is 13.8 Å². The van der Waals surface area contributed by atoms with Crippen molar-refractivity contribution in [2.75, 3.05) is 0 Å². The van der Waals surface area contributed by atoms with Gasteiger partial charge in [0, 0.05) is 0 Å². The molecule has 3 heteroatoms. The molecule has 0 aliphatic heterocycles. The van der Waals surface area contributed by atoms with Crippen LogP contribution in [0.5, 0.6) is 0 Å². The molecule has 15 heavy (non-hydrogen) atoms. The van der Waals surface area contributed by atoms with Gasteiger partial charge in [-0.05, 0) is 11.8 Å². The molecule has 0 aromatic heterocycles. The fourth-order valence-corrected chi connectivity index (χ4v) is 2.26. The van der Waals surface area contributed by atoms with Crippen LogP contribution in [0.4, 0.5) is 0 Å². The Labute approximate surface area is 114 Å². The van der Waals surface area contributed by atoms with E-state index in [0.717, 1.165) is 11.8 Å². The summed E-state index contributed by atoms with van der Waals surface area (Å²) < 4.78 is 0. The molecule has 0 spiro atoms. The van der Waals surface area contributed by atoms with Crippen LogP contribution in [-0.4, -0.2) is 0 Å². The van der Waals surface area contributed by atoms with Crippen molar-refractivity contribution in [3.05, 3.63) is 0 Å². The van der Waals surface area contributed by atoms with Gasteiger partial charge >= 0.3 is 37.9 Å². The molecule has 0 unspecified atom stereocenters. The summed E-state index contributed by atoms with van der Waals surface area (Å²) in [6.45, 7) is 4.68. The average molecular weight is 330 g/mol. The Bertz CT molecular complexity index is 105. The zero-order valence-corrected chi connectivity index (χ0v) is 14.0. The third kappa shape index (κ3) is 11.7. The van der Waals surface area contributed by atoms with E-state index in [1.54, 1.807) is 0 Å². The van der Waals surface area contributed by atoms with Crippen molar-refractivity contribution < 1.29 is 20.8 Å². The van der Waals surface area contributed by atoms with Crippen LogP contribution in [0.1, 0.15) is 65.2 Å². The van der Waals surface area contributed by atoms with Crippen LogP contribution in [0.3, 0.4) is 0 Å². The molecule has 2 aliphatic carbocycles. The molecule has 0 aromatic carbocycles. The molecule has 0 amide bonds. The van der Waals surface area contributed by atoms with Gasteiger partial charge in [-0.15, -0.1) is 0 Å². The summed E-state index contributed by atoms with van der Waals surface area (Å²) in [6.07, 6.45) is 11.9. The van der Waals surface area contributed by atoms with E-state index >= 15 is 0 Å². The standard InChI is InChI=1S/2C6H12.2ClH.Zr/c2*1-6-4-2-3-5-6;;;/h2*6H,2-5H2,1H3;2*1H;/q;;;;+2/p-2. The van der Waals surface area contributed by atoms with Crippen molar-refractivity contribution in [2.24, 2.45) is 11.8 Å². The van der Waals surface area contributed by atoms with Gasteiger partial charge in [-0.1, -0.05) is 65.2 Å². The van der Waals surface area contributed by atoms with E-state index in [9.17, 15) is 0 Å². The molecule has 0 bridgehead atoms. The third-order valence-electron chi connectivity index (χ3n) is 3.29. The number of hydrogen-bond acceptors (Lipinski definition) is 0. The fourth-order valence-electron chi connectivity index (χ4n) is 2.26. The molecule has 90 valence electrons. The maximum absolute atomic E-state index is 4.93. The first-order valence-corrected chi connectivity index (χ1v) is 12.5. The number of hydrogen-bond donors (Lipinski definition) is 0. The van der Waals surface area contributed by atoms with Gasteiger partial charge in [0.05, 0.1) is 0 Å². The first-order chi connectivity index (χ1) is 7.20. The topological polar surface area (TPSA) is 0 Å². The quantitative estimate of drug-likeness (QED) is 0.529. The third-order valence-corrected chi connectivity index (χ3v) is 3.29. The van der Waals surface area contributed by atoms with Crippen LogP contribution in [0.25, 0.3) is 0 Å². The van der Waals surface area contributed by atoms with Crippen molar-refractivity contribution in [1.82, 2.24) is 0 Å². The average Bonchev–Trinajstić information content (AvgIpc) is 2.81. The molecular weight excluding hydrogens is 306 g/mol. The molecule has 0 radical (unpaired) electrons. The predicted molar refractivity (Wildman–Crippen MR) is 67.0 cm³/mol. The summed E-state index contributed by atoms with van der Waals surface area (Å²) in [4.78, 5) is 0. The van der Waals surface area contributed by atoms with Crippen LogP contribution in [0.15, 0.2) is 0 Å². The first-order valence-electron chi connectivity index (χ1n) is 6.17. The van der Waals surface area contributed by atoms with Gasteiger partial charge in [0.15, 0.2) is 0 Å². The molecule has 0 nitrogen and oxygen atoms in total. The number of rotatable bonds is 0.